The molecule has 1 heterocycles. The third-order valence-electron chi connectivity index (χ3n) is 3.47. The summed E-state index contributed by atoms with van der Waals surface area (Å²) in [6.45, 7) is 7.46. The van der Waals surface area contributed by atoms with Crippen LogP contribution in [0.1, 0.15) is 40.5 Å². The van der Waals surface area contributed by atoms with Gasteiger partial charge in [0.15, 0.2) is 0 Å². The molecule has 0 saturated carbocycles. The second kappa shape index (κ2) is 6.41. The molecule has 2 N–H and O–H groups in total. The third-order valence-corrected chi connectivity index (χ3v) is 4.39. The van der Waals surface area contributed by atoms with Gasteiger partial charge in [-0.1, -0.05) is 6.92 Å². The monoisotopic (exact) mass is 319 g/mol. The molecule has 2 atom stereocenters. The number of likely N-dealkylation sites (tertiary alicyclic amines) is 1. The summed E-state index contributed by atoms with van der Waals surface area (Å²) in [6, 6.07) is -0.689. The first-order valence-electron chi connectivity index (χ1n) is 7.05. The van der Waals surface area contributed by atoms with Crippen LogP contribution in [-0.4, -0.2) is 55.6 Å². The highest BCUT2D eigenvalue weighted by molar-refractivity contribution is 7.88. The van der Waals surface area contributed by atoms with Crippen molar-refractivity contribution in [3.63, 3.8) is 0 Å². The van der Waals surface area contributed by atoms with E-state index >= 15 is 0 Å². The molecule has 0 aromatic rings. The highest BCUT2D eigenvalue weighted by Crippen LogP contribution is 2.18. The smallest absolute Gasteiger partial charge is 0.247 e. The van der Waals surface area contributed by atoms with E-state index in [9.17, 15) is 18.0 Å². The van der Waals surface area contributed by atoms with Crippen LogP contribution in [0.3, 0.4) is 0 Å². The van der Waals surface area contributed by atoms with Gasteiger partial charge in [0.05, 0.1) is 18.7 Å². The summed E-state index contributed by atoms with van der Waals surface area (Å²) in [6.07, 6.45) is 1.92. The lowest BCUT2D eigenvalue weighted by Crippen LogP contribution is -2.53. The Morgan fingerprint density at radius 3 is 2.43 bits per heavy atom. The molecular weight excluding hydrogens is 294 g/mol. The summed E-state index contributed by atoms with van der Waals surface area (Å²) in [5.41, 5.74) is -0.735. The predicted octanol–water partition coefficient (Wildman–Crippen LogP) is -0.170. The minimum Gasteiger partial charge on any atom is -0.304 e. The van der Waals surface area contributed by atoms with E-state index in [2.05, 4.69) is 10.0 Å². The Morgan fingerprint density at radius 2 is 1.95 bits per heavy atom. The van der Waals surface area contributed by atoms with Crippen LogP contribution in [-0.2, 0) is 19.6 Å². The maximum absolute atomic E-state index is 12.2. The van der Waals surface area contributed by atoms with Gasteiger partial charge in [0.2, 0.25) is 21.8 Å². The number of nitrogens with one attached hydrogen (secondary N) is 2. The summed E-state index contributed by atoms with van der Waals surface area (Å²) >= 11 is 0. The Bertz CT molecular complexity index is 516. The zero-order valence-electron chi connectivity index (χ0n) is 13.3. The van der Waals surface area contributed by atoms with Crippen molar-refractivity contribution in [2.75, 3.05) is 12.8 Å². The summed E-state index contributed by atoms with van der Waals surface area (Å²) in [4.78, 5) is 25.4. The second-order valence-electron chi connectivity index (χ2n) is 6.25. The van der Waals surface area contributed by atoms with E-state index in [1.807, 2.05) is 13.8 Å². The lowest BCUT2D eigenvalue weighted by atomic mass is 10.1. The molecule has 8 heteroatoms. The quantitative estimate of drug-likeness (QED) is 0.635. The lowest BCUT2D eigenvalue weighted by Gasteiger charge is -2.27. The van der Waals surface area contributed by atoms with E-state index in [1.165, 1.54) is 4.90 Å². The van der Waals surface area contributed by atoms with Crippen molar-refractivity contribution in [1.82, 2.24) is 14.9 Å². The summed E-state index contributed by atoms with van der Waals surface area (Å²) in [5, 5.41) is 2.99. The van der Waals surface area contributed by atoms with Gasteiger partial charge in [-0.25, -0.2) is 13.1 Å². The highest BCUT2D eigenvalue weighted by atomic mass is 32.2. The maximum Gasteiger partial charge on any atom is 0.247 e. The molecule has 2 amide bonds. The molecule has 122 valence electrons. The number of nitrogens with zero attached hydrogens (tertiary/aromatic N) is 1. The van der Waals surface area contributed by atoms with Crippen molar-refractivity contribution in [3.05, 3.63) is 0 Å². The van der Waals surface area contributed by atoms with Gasteiger partial charge in [-0.05, 0) is 27.2 Å². The number of hydrogen-bond donors (Lipinski definition) is 2. The molecule has 0 aliphatic carbocycles. The Morgan fingerprint density at radius 1 is 1.38 bits per heavy atom. The minimum atomic E-state index is -3.33. The van der Waals surface area contributed by atoms with Gasteiger partial charge >= 0.3 is 0 Å². The molecule has 0 spiro atoms. The molecule has 1 fully saturated rings. The standard InChI is InChI=1S/C13H25N3O4S/c1-6-9(2)16-11(17)7-10(12(16)18)14-8-13(3,4)15-21(5,19)20/h9-10,14-15H,6-8H2,1-5H3. The van der Waals surface area contributed by atoms with Gasteiger partial charge in [-0.2, -0.15) is 0 Å². The molecule has 0 aromatic carbocycles. The average molecular weight is 319 g/mol. The molecule has 1 aliphatic rings. The zero-order valence-corrected chi connectivity index (χ0v) is 14.1. The average Bonchev–Trinajstić information content (AvgIpc) is 2.58. The van der Waals surface area contributed by atoms with Crippen molar-refractivity contribution in [1.29, 1.82) is 0 Å². The van der Waals surface area contributed by atoms with Crippen LogP contribution in [0.5, 0.6) is 0 Å². The van der Waals surface area contributed by atoms with Crippen LogP contribution in [0.4, 0.5) is 0 Å². The molecule has 1 saturated heterocycles. The first-order valence-corrected chi connectivity index (χ1v) is 8.94. The fourth-order valence-electron chi connectivity index (χ4n) is 2.37. The summed E-state index contributed by atoms with van der Waals surface area (Å²) in [7, 11) is -3.33. The van der Waals surface area contributed by atoms with E-state index in [-0.39, 0.29) is 30.8 Å². The van der Waals surface area contributed by atoms with Crippen molar-refractivity contribution < 1.29 is 18.0 Å². The SMILES string of the molecule is CCC(C)N1C(=O)CC(NCC(C)(C)NS(C)(=O)=O)C1=O. The number of hydrogen-bond acceptors (Lipinski definition) is 5. The number of carbonyl (C=O) groups excluding carboxylic acids is 2. The van der Waals surface area contributed by atoms with Crippen molar-refractivity contribution in [3.8, 4) is 0 Å². The molecule has 0 aromatic heterocycles. The molecule has 7 nitrogen and oxygen atoms in total. The van der Waals surface area contributed by atoms with Gasteiger partial charge in [0.25, 0.3) is 0 Å². The van der Waals surface area contributed by atoms with Gasteiger partial charge in [0.1, 0.15) is 0 Å². The summed E-state index contributed by atoms with van der Waals surface area (Å²) < 4.78 is 25.0. The minimum absolute atomic E-state index is 0.112. The topological polar surface area (TPSA) is 95.6 Å². The molecule has 1 rings (SSSR count). The van der Waals surface area contributed by atoms with Crippen LogP contribution in [0, 0.1) is 0 Å². The Labute approximate surface area is 126 Å². The van der Waals surface area contributed by atoms with Crippen molar-refractivity contribution in [2.45, 2.75) is 58.2 Å². The van der Waals surface area contributed by atoms with E-state index in [1.54, 1.807) is 13.8 Å². The predicted molar refractivity (Wildman–Crippen MR) is 80.1 cm³/mol. The van der Waals surface area contributed by atoms with E-state index < -0.39 is 21.6 Å². The van der Waals surface area contributed by atoms with Crippen LogP contribution in [0.15, 0.2) is 0 Å². The van der Waals surface area contributed by atoms with Crippen LogP contribution in [0.25, 0.3) is 0 Å². The third kappa shape index (κ3) is 5.05. The van der Waals surface area contributed by atoms with Crippen molar-refractivity contribution >= 4 is 21.8 Å². The highest BCUT2D eigenvalue weighted by Gasteiger charge is 2.41. The lowest BCUT2D eigenvalue weighted by molar-refractivity contribution is -0.141. The number of imide groups is 1. The Balaban J connectivity index is 2.65. The van der Waals surface area contributed by atoms with E-state index in [0.717, 1.165) is 6.26 Å². The van der Waals surface area contributed by atoms with Crippen LogP contribution >= 0.6 is 0 Å². The van der Waals surface area contributed by atoms with Crippen molar-refractivity contribution in [2.24, 2.45) is 0 Å². The fraction of sp³-hybridized carbons (Fsp3) is 0.846. The van der Waals surface area contributed by atoms with E-state index in [0.29, 0.717) is 6.42 Å². The largest absolute Gasteiger partial charge is 0.304 e. The molecule has 1 aliphatic heterocycles. The number of amides is 2. The number of carbonyl (C=O) groups is 2. The molecule has 2 unspecified atom stereocenters. The van der Waals surface area contributed by atoms with Gasteiger partial charge < -0.3 is 5.32 Å². The number of rotatable bonds is 7. The number of sulfonamides is 1. The molecular formula is C13H25N3O4S. The van der Waals surface area contributed by atoms with Gasteiger partial charge in [-0.15, -0.1) is 0 Å². The normalized spacial score (nSPS) is 22.0. The summed E-state index contributed by atoms with van der Waals surface area (Å²) in [5.74, 6) is -0.412. The molecule has 0 bridgehead atoms. The first kappa shape index (κ1) is 18.1. The second-order valence-corrected chi connectivity index (χ2v) is 8.00. The fourth-order valence-corrected chi connectivity index (χ4v) is 3.45. The molecule has 0 radical (unpaired) electrons. The zero-order chi connectivity index (χ0) is 16.4. The van der Waals surface area contributed by atoms with E-state index in [4.69, 9.17) is 0 Å². The molecule has 21 heavy (non-hydrogen) atoms. The van der Waals surface area contributed by atoms with Gasteiger partial charge in [0, 0.05) is 18.1 Å². The Hall–Kier alpha value is -0.990. The van der Waals surface area contributed by atoms with Gasteiger partial charge in [-0.3, -0.25) is 14.5 Å². The Kier molecular flexibility index (Phi) is 5.51. The maximum atomic E-state index is 12.2. The van der Waals surface area contributed by atoms with Crippen LogP contribution in [0.2, 0.25) is 0 Å². The first-order chi connectivity index (χ1) is 9.47. The van der Waals surface area contributed by atoms with Crippen LogP contribution < -0.4 is 10.0 Å².